The maximum Gasteiger partial charge on any atom is 0.253 e. The molecule has 0 aromatic heterocycles. The predicted octanol–water partition coefficient (Wildman–Crippen LogP) is 3.01. The summed E-state index contributed by atoms with van der Waals surface area (Å²) in [5.41, 5.74) is 2.85. The van der Waals surface area contributed by atoms with Crippen LogP contribution in [0.15, 0.2) is 48.5 Å². The highest BCUT2D eigenvalue weighted by Gasteiger charge is 2.40. The summed E-state index contributed by atoms with van der Waals surface area (Å²) < 4.78 is 10.2. The average molecular weight is 411 g/mol. The van der Waals surface area contributed by atoms with E-state index in [0.29, 0.717) is 37.6 Å². The van der Waals surface area contributed by atoms with Crippen LogP contribution < -0.4 is 10.1 Å². The van der Waals surface area contributed by atoms with Crippen molar-refractivity contribution < 1.29 is 19.1 Å². The number of ether oxygens (including phenoxy) is 2. The summed E-state index contributed by atoms with van der Waals surface area (Å²) in [6.07, 6.45) is 0.763. The minimum atomic E-state index is -0.280. The van der Waals surface area contributed by atoms with E-state index in [1.54, 1.807) is 43.4 Å². The minimum absolute atomic E-state index is 0.0123. The lowest BCUT2D eigenvalue weighted by atomic mass is 9.88. The van der Waals surface area contributed by atoms with Crippen LogP contribution in [0.5, 0.6) is 5.75 Å². The molecule has 2 atom stereocenters. The molecule has 160 valence electrons. The smallest absolute Gasteiger partial charge is 0.253 e. The van der Waals surface area contributed by atoms with Crippen LogP contribution in [-0.2, 0) is 9.53 Å². The van der Waals surface area contributed by atoms with Gasteiger partial charge >= 0.3 is 0 Å². The Morgan fingerprint density at radius 3 is 2.37 bits per heavy atom. The Balaban J connectivity index is 1.77. The highest BCUT2D eigenvalue weighted by molar-refractivity contribution is 5.95. The van der Waals surface area contributed by atoms with E-state index >= 15 is 0 Å². The number of rotatable bonds is 8. The van der Waals surface area contributed by atoms with Gasteiger partial charge in [-0.2, -0.15) is 0 Å². The van der Waals surface area contributed by atoms with E-state index < -0.39 is 0 Å². The fraction of sp³-hybridized carbons (Fsp3) is 0.417. The summed E-state index contributed by atoms with van der Waals surface area (Å²) in [6.45, 7) is 4.13. The number of methoxy groups -OCH3 is 2. The Bertz CT molecular complexity index is 849. The molecule has 2 unspecified atom stereocenters. The van der Waals surface area contributed by atoms with Gasteiger partial charge in [0.25, 0.3) is 5.91 Å². The Labute approximate surface area is 178 Å². The fourth-order valence-corrected chi connectivity index (χ4v) is 3.86. The van der Waals surface area contributed by atoms with Crippen LogP contribution >= 0.6 is 0 Å². The summed E-state index contributed by atoms with van der Waals surface area (Å²) in [7, 11) is 3.24. The van der Waals surface area contributed by atoms with Crippen LogP contribution in [0.1, 0.15) is 33.8 Å². The fourth-order valence-electron chi connectivity index (χ4n) is 3.86. The molecule has 1 fully saturated rings. The lowest BCUT2D eigenvalue weighted by Gasteiger charge is -2.18. The molecule has 1 N–H and O–H groups in total. The number of carbonyl (C=O) groups excluding carboxylic acids is 2. The lowest BCUT2D eigenvalue weighted by Crippen LogP contribution is -2.36. The van der Waals surface area contributed by atoms with Gasteiger partial charge in [0.1, 0.15) is 5.75 Å². The zero-order valence-electron chi connectivity index (χ0n) is 17.9. The first-order valence-corrected chi connectivity index (χ1v) is 10.3. The summed E-state index contributed by atoms with van der Waals surface area (Å²) in [5, 5.41) is 3.01. The van der Waals surface area contributed by atoms with Crippen molar-refractivity contribution in [2.45, 2.75) is 19.3 Å². The van der Waals surface area contributed by atoms with Crippen molar-refractivity contribution in [3.05, 3.63) is 65.2 Å². The number of carbonyl (C=O) groups is 2. The third-order valence-electron chi connectivity index (χ3n) is 5.61. The molecule has 30 heavy (non-hydrogen) atoms. The first kappa shape index (κ1) is 21.8. The molecule has 3 rings (SSSR count). The first-order chi connectivity index (χ1) is 14.5. The summed E-state index contributed by atoms with van der Waals surface area (Å²) >= 11 is 0. The third-order valence-corrected chi connectivity index (χ3v) is 5.61. The number of nitrogens with zero attached hydrogens (tertiary/aromatic N) is 1. The maximum absolute atomic E-state index is 13.1. The number of nitrogens with one attached hydrogen (secondary N) is 1. The van der Waals surface area contributed by atoms with Gasteiger partial charge in [0.15, 0.2) is 0 Å². The van der Waals surface area contributed by atoms with Crippen LogP contribution in [0, 0.1) is 12.8 Å². The molecule has 1 aliphatic rings. The standard InChI is InChI=1S/C24H30N2O4/c1-17-5-7-18(8-6-17)21-15-26(16-22(21)23(27)25-13-4-14-29-2)24(28)19-9-11-20(30-3)12-10-19/h5-12,21-22H,4,13-16H2,1-3H3,(H,25,27). The summed E-state index contributed by atoms with van der Waals surface area (Å²) in [6, 6.07) is 15.3. The van der Waals surface area contributed by atoms with E-state index in [1.807, 2.05) is 6.92 Å². The zero-order chi connectivity index (χ0) is 21.5. The largest absolute Gasteiger partial charge is 0.497 e. The summed E-state index contributed by atoms with van der Waals surface area (Å²) in [5.74, 6) is 0.317. The molecule has 0 spiro atoms. The van der Waals surface area contributed by atoms with Gasteiger partial charge < -0.3 is 19.7 Å². The van der Waals surface area contributed by atoms with Gasteiger partial charge in [-0.05, 0) is 43.2 Å². The van der Waals surface area contributed by atoms with E-state index in [0.717, 1.165) is 12.0 Å². The van der Waals surface area contributed by atoms with E-state index in [2.05, 4.69) is 29.6 Å². The van der Waals surface area contributed by atoms with Crippen molar-refractivity contribution in [3.63, 3.8) is 0 Å². The van der Waals surface area contributed by atoms with Crippen LogP contribution in [0.2, 0.25) is 0 Å². The molecule has 0 bridgehead atoms. The normalized spacial score (nSPS) is 18.3. The van der Waals surface area contributed by atoms with Gasteiger partial charge in [0.2, 0.25) is 5.91 Å². The molecular formula is C24H30N2O4. The molecule has 6 heteroatoms. The zero-order valence-corrected chi connectivity index (χ0v) is 17.9. The van der Waals surface area contributed by atoms with E-state index in [1.165, 1.54) is 5.56 Å². The molecular weight excluding hydrogens is 380 g/mol. The van der Waals surface area contributed by atoms with Gasteiger partial charge in [-0.3, -0.25) is 9.59 Å². The molecule has 2 aromatic carbocycles. The number of amides is 2. The molecule has 1 aliphatic heterocycles. The molecule has 0 radical (unpaired) electrons. The first-order valence-electron chi connectivity index (χ1n) is 10.3. The molecule has 0 aliphatic carbocycles. The van der Waals surface area contributed by atoms with Crippen molar-refractivity contribution in [3.8, 4) is 5.75 Å². The van der Waals surface area contributed by atoms with Crippen molar-refractivity contribution in [2.24, 2.45) is 5.92 Å². The van der Waals surface area contributed by atoms with Crippen molar-refractivity contribution in [2.75, 3.05) is 40.5 Å². The minimum Gasteiger partial charge on any atom is -0.497 e. The topological polar surface area (TPSA) is 67.9 Å². The summed E-state index contributed by atoms with van der Waals surface area (Å²) in [4.78, 5) is 27.8. The molecule has 1 saturated heterocycles. The van der Waals surface area contributed by atoms with E-state index in [4.69, 9.17) is 9.47 Å². The molecule has 1 heterocycles. The Kier molecular flexibility index (Phi) is 7.46. The van der Waals surface area contributed by atoms with Crippen molar-refractivity contribution in [1.29, 1.82) is 0 Å². The Hall–Kier alpha value is -2.86. The second-order valence-corrected chi connectivity index (χ2v) is 7.70. The van der Waals surface area contributed by atoms with Gasteiger partial charge in [0, 0.05) is 44.8 Å². The number of hydrogen-bond acceptors (Lipinski definition) is 4. The van der Waals surface area contributed by atoms with Crippen LogP contribution in [-0.4, -0.2) is 57.2 Å². The van der Waals surface area contributed by atoms with Crippen LogP contribution in [0.4, 0.5) is 0 Å². The lowest BCUT2D eigenvalue weighted by molar-refractivity contribution is -0.124. The SMILES string of the molecule is COCCCNC(=O)C1CN(C(=O)c2ccc(OC)cc2)CC1c1ccc(C)cc1. The van der Waals surface area contributed by atoms with E-state index in [9.17, 15) is 9.59 Å². The maximum atomic E-state index is 13.1. The monoisotopic (exact) mass is 410 g/mol. The number of hydrogen-bond donors (Lipinski definition) is 1. The Morgan fingerprint density at radius 1 is 1.03 bits per heavy atom. The third kappa shape index (κ3) is 5.19. The van der Waals surface area contributed by atoms with Gasteiger partial charge in [0.05, 0.1) is 13.0 Å². The molecule has 6 nitrogen and oxygen atoms in total. The Morgan fingerprint density at radius 2 is 1.73 bits per heavy atom. The van der Waals surface area contributed by atoms with Crippen LogP contribution in [0.25, 0.3) is 0 Å². The highest BCUT2D eigenvalue weighted by Crippen LogP contribution is 2.34. The molecule has 0 saturated carbocycles. The second kappa shape index (κ2) is 10.3. The van der Waals surface area contributed by atoms with Gasteiger partial charge in [-0.25, -0.2) is 0 Å². The molecule has 2 aromatic rings. The predicted molar refractivity (Wildman–Crippen MR) is 116 cm³/mol. The highest BCUT2D eigenvalue weighted by atomic mass is 16.5. The second-order valence-electron chi connectivity index (χ2n) is 7.70. The van der Waals surface area contributed by atoms with Crippen LogP contribution in [0.3, 0.4) is 0 Å². The quantitative estimate of drug-likeness (QED) is 0.680. The number of likely N-dealkylation sites (tertiary alicyclic amines) is 1. The van der Waals surface area contributed by atoms with Crippen molar-refractivity contribution in [1.82, 2.24) is 10.2 Å². The van der Waals surface area contributed by atoms with Gasteiger partial charge in [-0.15, -0.1) is 0 Å². The van der Waals surface area contributed by atoms with Crippen molar-refractivity contribution >= 4 is 11.8 Å². The molecule has 2 amide bonds. The number of benzene rings is 2. The number of aryl methyl sites for hydroxylation is 1. The van der Waals surface area contributed by atoms with Gasteiger partial charge in [-0.1, -0.05) is 29.8 Å². The average Bonchev–Trinajstić information content (AvgIpc) is 3.22. The van der Waals surface area contributed by atoms with E-state index in [-0.39, 0.29) is 23.7 Å².